The molecule has 1 aromatic rings. The molecule has 2 atom stereocenters. The van der Waals surface area contributed by atoms with Crippen LogP contribution in [0.5, 0.6) is 0 Å². The Morgan fingerprint density at radius 3 is 3.00 bits per heavy atom. The zero-order valence-corrected chi connectivity index (χ0v) is 12.1. The number of methoxy groups -OCH3 is 1. The third-order valence-corrected chi connectivity index (χ3v) is 3.73. The van der Waals surface area contributed by atoms with Crippen LogP contribution in [-0.2, 0) is 9.47 Å². The summed E-state index contributed by atoms with van der Waals surface area (Å²) in [5, 5.41) is 3.40. The molecule has 1 N–H and O–H groups in total. The Kier molecular flexibility index (Phi) is 6.43. The second kappa shape index (κ2) is 8.35. The van der Waals surface area contributed by atoms with Gasteiger partial charge < -0.3 is 14.8 Å². The van der Waals surface area contributed by atoms with Gasteiger partial charge in [0.05, 0.1) is 6.10 Å². The van der Waals surface area contributed by atoms with Crippen molar-refractivity contribution >= 4 is 0 Å². The number of nitrogens with one attached hydrogen (secondary N) is 1. The van der Waals surface area contributed by atoms with Crippen molar-refractivity contribution in [2.45, 2.75) is 25.4 Å². The van der Waals surface area contributed by atoms with Crippen molar-refractivity contribution in [3.8, 4) is 0 Å². The van der Waals surface area contributed by atoms with Gasteiger partial charge in [-0.25, -0.2) is 4.39 Å². The minimum Gasteiger partial charge on any atom is -0.385 e. The first-order valence-corrected chi connectivity index (χ1v) is 7.38. The third-order valence-electron chi connectivity index (χ3n) is 3.73. The molecule has 1 heterocycles. The number of ether oxygens (including phenoxy) is 2. The molecule has 0 unspecified atom stereocenters. The van der Waals surface area contributed by atoms with Gasteiger partial charge in [-0.3, -0.25) is 0 Å². The van der Waals surface area contributed by atoms with E-state index in [1.807, 2.05) is 6.07 Å². The molecule has 2 rings (SSSR count). The van der Waals surface area contributed by atoms with E-state index in [9.17, 15) is 4.39 Å². The molecule has 1 saturated heterocycles. The first kappa shape index (κ1) is 15.4. The average Bonchev–Trinajstić information content (AvgIpc) is 2.48. The zero-order chi connectivity index (χ0) is 14.2. The molecule has 1 aliphatic rings. The lowest BCUT2D eigenvalue weighted by atomic mass is 9.89. The van der Waals surface area contributed by atoms with Crippen LogP contribution in [0.1, 0.15) is 30.9 Å². The highest BCUT2D eigenvalue weighted by Gasteiger charge is 2.25. The van der Waals surface area contributed by atoms with Gasteiger partial charge in [0.15, 0.2) is 0 Å². The number of piperidine rings is 1. The highest BCUT2D eigenvalue weighted by Crippen LogP contribution is 2.31. The predicted octanol–water partition coefficient (Wildman–Crippen LogP) is 2.92. The van der Waals surface area contributed by atoms with Crippen molar-refractivity contribution in [2.75, 3.05) is 33.4 Å². The molecule has 1 aliphatic heterocycles. The van der Waals surface area contributed by atoms with Crippen molar-refractivity contribution in [3.63, 3.8) is 0 Å². The minimum absolute atomic E-state index is 0.0321. The molecule has 0 spiro atoms. The van der Waals surface area contributed by atoms with E-state index in [2.05, 4.69) is 5.32 Å². The Hall–Kier alpha value is -0.970. The number of rotatable bonds is 7. The number of halogens is 1. The maximum absolute atomic E-state index is 13.4. The van der Waals surface area contributed by atoms with Gasteiger partial charge in [0.2, 0.25) is 0 Å². The lowest BCUT2D eigenvalue weighted by Gasteiger charge is -2.31. The fourth-order valence-electron chi connectivity index (χ4n) is 2.74. The van der Waals surface area contributed by atoms with Crippen LogP contribution in [0.3, 0.4) is 0 Å². The molecule has 1 aromatic carbocycles. The largest absolute Gasteiger partial charge is 0.385 e. The topological polar surface area (TPSA) is 30.5 Å². The summed E-state index contributed by atoms with van der Waals surface area (Å²) in [5.74, 6) is 0.213. The van der Waals surface area contributed by atoms with Crippen LogP contribution in [0.25, 0.3) is 0 Å². The van der Waals surface area contributed by atoms with Gasteiger partial charge in [0, 0.05) is 32.8 Å². The number of benzene rings is 1. The summed E-state index contributed by atoms with van der Waals surface area (Å²) in [7, 11) is 1.69. The van der Waals surface area contributed by atoms with E-state index in [4.69, 9.17) is 9.47 Å². The smallest absolute Gasteiger partial charge is 0.123 e. The number of hydrogen-bond donors (Lipinski definition) is 1. The summed E-state index contributed by atoms with van der Waals surface area (Å²) < 4.78 is 24.5. The van der Waals surface area contributed by atoms with E-state index in [0.29, 0.717) is 19.1 Å². The van der Waals surface area contributed by atoms with Crippen molar-refractivity contribution in [1.82, 2.24) is 5.32 Å². The Bertz CT molecular complexity index is 394. The van der Waals surface area contributed by atoms with Crippen LogP contribution >= 0.6 is 0 Å². The molecule has 0 aliphatic carbocycles. The van der Waals surface area contributed by atoms with Crippen LogP contribution in [0.15, 0.2) is 24.3 Å². The van der Waals surface area contributed by atoms with E-state index in [1.54, 1.807) is 19.2 Å². The maximum Gasteiger partial charge on any atom is 0.123 e. The number of hydrogen-bond acceptors (Lipinski definition) is 3. The molecule has 112 valence electrons. The predicted molar refractivity (Wildman–Crippen MR) is 77.2 cm³/mol. The van der Waals surface area contributed by atoms with Gasteiger partial charge in [-0.1, -0.05) is 12.1 Å². The van der Waals surface area contributed by atoms with Gasteiger partial charge in [0.25, 0.3) is 0 Å². The van der Waals surface area contributed by atoms with Crippen molar-refractivity contribution < 1.29 is 13.9 Å². The third kappa shape index (κ3) is 4.54. The lowest BCUT2D eigenvalue weighted by molar-refractivity contribution is -0.00517. The SMILES string of the molecule is COCCCO[C@@H](c1cccc(F)c1)[C@@H]1CCCNC1. The van der Waals surface area contributed by atoms with Crippen LogP contribution < -0.4 is 5.32 Å². The van der Waals surface area contributed by atoms with Gasteiger partial charge in [-0.15, -0.1) is 0 Å². The highest BCUT2D eigenvalue weighted by atomic mass is 19.1. The van der Waals surface area contributed by atoms with Crippen LogP contribution in [-0.4, -0.2) is 33.4 Å². The van der Waals surface area contributed by atoms with E-state index in [-0.39, 0.29) is 11.9 Å². The van der Waals surface area contributed by atoms with Crippen molar-refractivity contribution in [2.24, 2.45) is 5.92 Å². The quantitative estimate of drug-likeness (QED) is 0.780. The molecule has 4 heteroatoms. The molecular formula is C16H24FNO2. The summed E-state index contributed by atoms with van der Waals surface area (Å²) in [6.45, 7) is 3.34. The molecule has 0 bridgehead atoms. The second-order valence-electron chi connectivity index (χ2n) is 5.30. The fraction of sp³-hybridized carbons (Fsp3) is 0.625. The monoisotopic (exact) mass is 281 g/mol. The zero-order valence-electron chi connectivity index (χ0n) is 12.1. The molecule has 0 amide bonds. The fourth-order valence-corrected chi connectivity index (χ4v) is 2.74. The van der Waals surface area contributed by atoms with Gasteiger partial charge >= 0.3 is 0 Å². The van der Waals surface area contributed by atoms with Crippen molar-refractivity contribution in [3.05, 3.63) is 35.6 Å². The van der Waals surface area contributed by atoms with Crippen molar-refractivity contribution in [1.29, 1.82) is 0 Å². The Morgan fingerprint density at radius 2 is 2.30 bits per heavy atom. The van der Waals surface area contributed by atoms with Crippen LogP contribution in [0.2, 0.25) is 0 Å². The summed E-state index contributed by atoms with van der Waals surface area (Å²) >= 11 is 0. The van der Waals surface area contributed by atoms with Gasteiger partial charge in [-0.05, 0) is 43.5 Å². The molecular weight excluding hydrogens is 257 g/mol. The lowest BCUT2D eigenvalue weighted by Crippen LogP contribution is -2.34. The second-order valence-corrected chi connectivity index (χ2v) is 5.30. The minimum atomic E-state index is -0.197. The Balaban J connectivity index is 2.02. The molecule has 0 saturated carbocycles. The molecule has 0 aromatic heterocycles. The van der Waals surface area contributed by atoms with Gasteiger partial charge in [-0.2, -0.15) is 0 Å². The highest BCUT2D eigenvalue weighted by molar-refractivity contribution is 5.20. The van der Waals surface area contributed by atoms with Crippen LogP contribution in [0, 0.1) is 11.7 Å². The standard InChI is InChI=1S/C16H24FNO2/c1-19-9-4-10-20-16(14-6-3-8-18-12-14)13-5-2-7-15(17)11-13/h2,5,7,11,14,16,18H,3-4,6,8-10,12H2,1H3/t14-,16+/m1/s1. The summed E-state index contributed by atoms with van der Waals surface area (Å²) in [4.78, 5) is 0. The molecule has 20 heavy (non-hydrogen) atoms. The molecule has 3 nitrogen and oxygen atoms in total. The average molecular weight is 281 g/mol. The Labute approximate surface area is 120 Å². The normalized spacial score (nSPS) is 20.8. The van der Waals surface area contributed by atoms with E-state index in [1.165, 1.54) is 6.07 Å². The van der Waals surface area contributed by atoms with Gasteiger partial charge in [0.1, 0.15) is 5.82 Å². The van der Waals surface area contributed by atoms with E-state index in [0.717, 1.165) is 37.9 Å². The summed E-state index contributed by atoms with van der Waals surface area (Å²) in [6, 6.07) is 6.78. The maximum atomic E-state index is 13.4. The summed E-state index contributed by atoms with van der Waals surface area (Å²) in [5.41, 5.74) is 0.941. The van der Waals surface area contributed by atoms with E-state index < -0.39 is 0 Å². The Morgan fingerprint density at radius 1 is 1.40 bits per heavy atom. The van der Waals surface area contributed by atoms with E-state index >= 15 is 0 Å². The van der Waals surface area contributed by atoms with Crippen LogP contribution in [0.4, 0.5) is 4.39 Å². The first-order valence-electron chi connectivity index (χ1n) is 7.38. The molecule has 1 fully saturated rings. The first-order chi connectivity index (χ1) is 9.81. The summed E-state index contributed by atoms with van der Waals surface area (Å²) in [6.07, 6.45) is 3.11. The molecule has 0 radical (unpaired) electrons.